The van der Waals surface area contributed by atoms with Gasteiger partial charge >= 0.3 is 0 Å². The summed E-state index contributed by atoms with van der Waals surface area (Å²) in [7, 11) is -1.17. The quantitative estimate of drug-likeness (QED) is 0.405. The molecule has 2 N–H and O–H groups in total. The third kappa shape index (κ3) is 4.51. The Labute approximate surface area is 207 Å². The lowest BCUT2D eigenvalue weighted by atomic mass is 10.2. The first-order valence-corrected chi connectivity index (χ1v) is 13.9. The molecule has 6 rings (SSSR count). The zero-order valence-electron chi connectivity index (χ0n) is 19.2. The van der Waals surface area contributed by atoms with Gasteiger partial charge in [-0.2, -0.15) is 4.98 Å². The van der Waals surface area contributed by atoms with Crippen molar-refractivity contribution in [2.24, 2.45) is 0 Å². The van der Waals surface area contributed by atoms with Crippen LogP contribution in [0.4, 0.5) is 23.3 Å². The second-order valence-electron chi connectivity index (χ2n) is 9.01. The van der Waals surface area contributed by atoms with Crippen molar-refractivity contribution in [2.75, 3.05) is 41.3 Å². The Kier molecular flexibility index (Phi) is 5.31. The minimum Gasteiger partial charge on any atom is -0.335 e. The third-order valence-corrected chi connectivity index (χ3v) is 8.02. The van der Waals surface area contributed by atoms with E-state index in [1.54, 1.807) is 30.6 Å². The molecule has 0 aliphatic carbocycles. The molecule has 0 spiro atoms. The standard InChI is InChI=1S/C23H24N8O2S2/c1-30-12-17-9-16(30)13-31(17)23-24-7-6-20(28-23)27-21-10-18-19(11-25-21)34-22(26-18)14-4-3-5-15(8-14)29-35(2,32)33/h3-8,10-11,16-17,29H,9,12-13H2,1-2H3,(H,24,25,27,28)/t16-,17-/m0/s1. The van der Waals surface area contributed by atoms with E-state index in [0.717, 1.165) is 52.5 Å². The maximum absolute atomic E-state index is 11.6. The minimum absolute atomic E-state index is 0.467. The van der Waals surface area contributed by atoms with Crippen molar-refractivity contribution in [3.05, 3.63) is 48.8 Å². The van der Waals surface area contributed by atoms with Gasteiger partial charge in [-0.25, -0.2) is 23.4 Å². The van der Waals surface area contributed by atoms with Crippen LogP contribution < -0.4 is 14.9 Å². The van der Waals surface area contributed by atoms with Crippen molar-refractivity contribution in [2.45, 2.75) is 18.5 Å². The van der Waals surface area contributed by atoms with Gasteiger partial charge in [0.1, 0.15) is 16.6 Å². The first kappa shape index (κ1) is 22.1. The average Bonchev–Trinajstić information content (AvgIpc) is 3.51. The maximum Gasteiger partial charge on any atom is 0.229 e. The number of aromatic nitrogens is 4. The summed E-state index contributed by atoms with van der Waals surface area (Å²) in [5.41, 5.74) is 2.14. The van der Waals surface area contributed by atoms with Crippen molar-refractivity contribution in [1.29, 1.82) is 0 Å². The zero-order valence-corrected chi connectivity index (χ0v) is 20.8. The molecule has 2 aliphatic heterocycles. The van der Waals surface area contributed by atoms with Crippen molar-refractivity contribution in [1.82, 2.24) is 24.8 Å². The molecule has 0 unspecified atom stereocenters. The Balaban J connectivity index is 1.22. The molecular weight excluding hydrogens is 484 g/mol. The molecule has 10 nitrogen and oxygen atoms in total. The zero-order chi connectivity index (χ0) is 24.2. The topological polar surface area (TPSA) is 116 Å². The molecule has 2 bridgehead atoms. The molecule has 1 aromatic carbocycles. The minimum atomic E-state index is -3.35. The number of hydrogen-bond acceptors (Lipinski definition) is 10. The number of likely N-dealkylation sites (tertiary alicyclic amines) is 1. The Hall–Kier alpha value is -3.35. The van der Waals surface area contributed by atoms with Crippen molar-refractivity contribution < 1.29 is 8.42 Å². The summed E-state index contributed by atoms with van der Waals surface area (Å²) in [6, 6.07) is 12.0. The number of pyridine rings is 1. The summed E-state index contributed by atoms with van der Waals surface area (Å²) < 4.78 is 26.6. The summed E-state index contributed by atoms with van der Waals surface area (Å²) in [6.07, 6.45) is 5.85. The number of rotatable bonds is 6. The highest BCUT2D eigenvalue weighted by atomic mass is 32.2. The molecule has 0 radical (unpaired) electrons. The highest BCUT2D eigenvalue weighted by Crippen LogP contribution is 2.34. The molecule has 5 heterocycles. The average molecular weight is 509 g/mol. The molecule has 2 saturated heterocycles. The van der Waals surface area contributed by atoms with Crippen LogP contribution >= 0.6 is 11.3 Å². The van der Waals surface area contributed by atoms with Crippen molar-refractivity contribution in [3.8, 4) is 10.6 Å². The van der Waals surface area contributed by atoms with Gasteiger partial charge in [0, 0.05) is 54.9 Å². The normalized spacial score (nSPS) is 20.0. The summed E-state index contributed by atoms with van der Waals surface area (Å²) in [6.45, 7) is 2.00. The molecule has 12 heteroatoms. The number of fused-ring (bicyclic) bond motifs is 3. The van der Waals surface area contributed by atoms with Crippen LogP contribution in [0.5, 0.6) is 0 Å². The molecule has 180 valence electrons. The number of thiazole rings is 1. The summed E-state index contributed by atoms with van der Waals surface area (Å²) >= 11 is 1.50. The monoisotopic (exact) mass is 508 g/mol. The fraction of sp³-hybridized carbons (Fsp3) is 0.304. The van der Waals surface area contributed by atoms with Crippen LogP contribution in [-0.4, -0.2) is 71.7 Å². The van der Waals surface area contributed by atoms with E-state index in [1.165, 1.54) is 11.3 Å². The number of hydrogen-bond donors (Lipinski definition) is 2. The predicted molar refractivity (Wildman–Crippen MR) is 139 cm³/mol. The number of nitrogens with one attached hydrogen (secondary N) is 2. The Morgan fingerprint density at radius 3 is 2.71 bits per heavy atom. The van der Waals surface area contributed by atoms with Crippen LogP contribution in [0.15, 0.2) is 48.8 Å². The summed E-state index contributed by atoms with van der Waals surface area (Å²) in [4.78, 5) is 23.2. The highest BCUT2D eigenvalue weighted by molar-refractivity contribution is 7.92. The third-order valence-electron chi connectivity index (χ3n) is 6.36. The lowest BCUT2D eigenvalue weighted by molar-refractivity contribution is 0.291. The molecule has 3 aromatic heterocycles. The van der Waals surface area contributed by atoms with Crippen LogP contribution in [0, 0.1) is 0 Å². The van der Waals surface area contributed by atoms with E-state index in [0.29, 0.717) is 29.4 Å². The lowest BCUT2D eigenvalue weighted by Crippen LogP contribution is -2.45. The van der Waals surface area contributed by atoms with E-state index in [-0.39, 0.29) is 0 Å². The van der Waals surface area contributed by atoms with E-state index in [2.05, 4.69) is 36.9 Å². The lowest BCUT2D eigenvalue weighted by Gasteiger charge is -2.31. The molecule has 2 atom stereocenters. The predicted octanol–water partition coefficient (Wildman–Crippen LogP) is 3.16. The van der Waals surface area contributed by atoms with Crippen LogP contribution in [0.3, 0.4) is 0 Å². The molecular formula is C23H24N8O2S2. The number of anilines is 4. The van der Waals surface area contributed by atoms with E-state index < -0.39 is 10.0 Å². The number of benzene rings is 1. The molecule has 0 amide bonds. The Morgan fingerprint density at radius 1 is 1.06 bits per heavy atom. The van der Waals surface area contributed by atoms with Gasteiger partial charge in [-0.05, 0) is 31.7 Å². The summed E-state index contributed by atoms with van der Waals surface area (Å²) in [5.74, 6) is 2.08. The second-order valence-corrected chi connectivity index (χ2v) is 11.8. The number of nitrogens with zero attached hydrogens (tertiary/aromatic N) is 6. The van der Waals surface area contributed by atoms with Gasteiger partial charge in [0.05, 0.1) is 16.5 Å². The molecule has 0 saturated carbocycles. The van der Waals surface area contributed by atoms with Gasteiger partial charge in [0.15, 0.2) is 0 Å². The van der Waals surface area contributed by atoms with Gasteiger partial charge in [0.2, 0.25) is 16.0 Å². The fourth-order valence-electron chi connectivity index (χ4n) is 4.75. The molecule has 35 heavy (non-hydrogen) atoms. The fourth-order valence-corrected chi connectivity index (χ4v) is 6.22. The van der Waals surface area contributed by atoms with Crippen LogP contribution in [0.2, 0.25) is 0 Å². The van der Waals surface area contributed by atoms with Gasteiger partial charge in [-0.15, -0.1) is 11.3 Å². The Bertz CT molecular complexity index is 1520. The van der Waals surface area contributed by atoms with E-state index in [9.17, 15) is 8.42 Å². The van der Waals surface area contributed by atoms with Crippen LogP contribution in [0.1, 0.15) is 6.42 Å². The van der Waals surface area contributed by atoms with Crippen LogP contribution in [-0.2, 0) is 10.0 Å². The smallest absolute Gasteiger partial charge is 0.229 e. The van der Waals surface area contributed by atoms with E-state index >= 15 is 0 Å². The highest BCUT2D eigenvalue weighted by Gasteiger charge is 2.42. The Morgan fingerprint density at radius 2 is 1.94 bits per heavy atom. The molecule has 2 aliphatic rings. The summed E-state index contributed by atoms with van der Waals surface area (Å²) in [5, 5.41) is 4.07. The van der Waals surface area contributed by atoms with Gasteiger partial charge in [-0.1, -0.05) is 12.1 Å². The van der Waals surface area contributed by atoms with Crippen molar-refractivity contribution >= 4 is 54.8 Å². The number of sulfonamides is 1. The van der Waals surface area contributed by atoms with Gasteiger partial charge in [-0.3, -0.25) is 9.62 Å². The molecule has 4 aromatic rings. The molecule has 2 fully saturated rings. The van der Waals surface area contributed by atoms with E-state index in [1.807, 2.05) is 18.2 Å². The number of piperazine rings is 1. The number of likely N-dealkylation sites (N-methyl/N-ethyl adjacent to an activating group) is 1. The first-order valence-electron chi connectivity index (χ1n) is 11.2. The van der Waals surface area contributed by atoms with Crippen LogP contribution in [0.25, 0.3) is 20.8 Å². The van der Waals surface area contributed by atoms with Gasteiger partial charge < -0.3 is 10.2 Å². The van der Waals surface area contributed by atoms with Crippen molar-refractivity contribution in [3.63, 3.8) is 0 Å². The first-order chi connectivity index (χ1) is 16.8. The SMILES string of the molecule is CN1C[C@@H]2C[C@H]1CN2c1nccc(Nc2cc3nc(-c4cccc(NS(C)(=O)=O)c4)sc3cn2)n1. The maximum atomic E-state index is 11.6. The second kappa shape index (κ2) is 8.40. The largest absolute Gasteiger partial charge is 0.335 e. The van der Waals surface area contributed by atoms with Gasteiger partial charge in [0.25, 0.3) is 0 Å². The van der Waals surface area contributed by atoms with E-state index in [4.69, 9.17) is 9.97 Å².